The standard InChI is InChI=1S/C18H20F3N5O3/c19-18(20,21)13-7-15(22)23-9-12(13)14-8-16(29-11-1-4-28-10-11)25-17(24-14)26-2-5-27-6-3-26/h7-9,11H,1-6,10H2,(H2,22,23)/t11-/m0/s1. The normalized spacial score (nSPS) is 20.1. The number of hydrogen-bond acceptors (Lipinski definition) is 8. The van der Waals surface area contributed by atoms with Gasteiger partial charge in [0.05, 0.1) is 37.7 Å². The number of nitrogens with zero attached hydrogens (tertiary/aromatic N) is 4. The van der Waals surface area contributed by atoms with Gasteiger partial charge in [0.2, 0.25) is 11.8 Å². The molecule has 0 aliphatic carbocycles. The van der Waals surface area contributed by atoms with Crippen molar-refractivity contribution in [2.45, 2.75) is 18.7 Å². The molecule has 0 spiro atoms. The summed E-state index contributed by atoms with van der Waals surface area (Å²) in [6, 6.07) is 2.20. The Balaban J connectivity index is 1.77. The van der Waals surface area contributed by atoms with E-state index in [0.29, 0.717) is 45.9 Å². The molecule has 0 unspecified atom stereocenters. The molecule has 2 aromatic heterocycles. The van der Waals surface area contributed by atoms with Crippen LogP contribution >= 0.6 is 0 Å². The van der Waals surface area contributed by atoms with Gasteiger partial charge in [-0.05, 0) is 6.07 Å². The molecule has 1 atom stereocenters. The van der Waals surface area contributed by atoms with E-state index >= 15 is 0 Å². The second-order valence-corrected chi connectivity index (χ2v) is 6.75. The number of morpholine rings is 1. The highest BCUT2D eigenvalue weighted by atomic mass is 19.4. The van der Waals surface area contributed by atoms with Crippen molar-refractivity contribution in [3.63, 3.8) is 0 Å². The van der Waals surface area contributed by atoms with Gasteiger partial charge in [0.1, 0.15) is 11.9 Å². The molecule has 2 aliphatic heterocycles. The van der Waals surface area contributed by atoms with E-state index in [4.69, 9.17) is 19.9 Å². The van der Waals surface area contributed by atoms with Crippen LogP contribution in [0.5, 0.6) is 5.88 Å². The number of halogens is 3. The summed E-state index contributed by atoms with van der Waals surface area (Å²) in [6.45, 7) is 3.00. The van der Waals surface area contributed by atoms with Crippen LogP contribution in [0.4, 0.5) is 24.9 Å². The summed E-state index contributed by atoms with van der Waals surface area (Å²) in [4.78, 5) is 14.5. The molecule has 156 valence electrons. The predicted octanol–water partition coefficient (Wildman–Crippen LogP) is 2.14. The highest BCUT2D eigenvalue weighted by molar-refractivity contribution is 5.67. The van der Waals surface area contributed by atoms with Crippen molar-refractivity contribution in [2.24, 2.45) is 0 Å². The summed E-state index contributed by atoms with van der Waals surface area (Å²) < 4.78 is 57.3. The minimum atomic E-state index is -4.61. The van der Waals surface area contributed by atoms with E-state index in [2.05, 4.69) is 15.0 Å². The van der Waals surface area contributed by atoms with Crippen molar-refractivity contribution in [3.05, 3.63) is 23.9 Å². The van der Waals surface area contributed by atoms with Gasteiger partial charge in [0.15, 0.2) is 0 Å². The molecule has 2 aromatic rings. The number of alkyl halides is 3. The van der Waals surface area contributed by atoms with Crippen LogP contribution in [-0.4, -0.2) is 60.6 Å². The van der Waals surface area contributed by atoms with Gasteiger partial charge in [-0.3, -0.25) is 0 Å². The van der Waals surface area contributed by atoms with E-state index in [1.54, 1.807) is 0 Å². The van der Waals surface area contributed by atoms with Crippen LogP contribution in [0.1, 0.15) is 12.0 Å². The molecule has 2 N–H and O–H groups in total. The first-order chi connectivity index (χ1) is 13.9. The quantitative estimate of drug-likeness (QED) is 0.818. The first-order valence-electron chi connectivity index (χ1n) is 9.19. The third-order valence-electron chi connectivity index (χ3n) is 4.67. The van der Waals surface area contributed by atoms with Crippen molar-refractivity contribution >= 4 is 11.8 Å². The van der Waals surface area contributed by atoms with E-state index in [1.165, 1.54) is 6.07 Å². The average molecular weight is 411 g/mol. The average Bonchev–Trinajstić information content (AvgIpc) is 3.21. The zero-order valence-electron chi connectivity index (χ0n) is 15.5. The molecule has 0 aromatic carbocycles. The van der Waals surface area contributed by atoms with Crippen LogP contribution < -0.4 is 15.4 Å². The van der Waals surface area contributed by atoms with Gasteiger partial charge in [-0.2, -0.15) is 18.2 Å². The van der Waals surface area contributed by atoms with Crippen molar-refractivity contribution in [1.29, 1.82) is 0 Å². The maximum Gasteiger partial charge on any atom is 0.417 e. The molecule has 29 heavy (non-hydrogen) atoms. The number of hydrogen-bond donors (Lipinski definition) is 1. The third kappa shape index (κ3) is 4.51. The summed E-state index contributed by atoms with van der Waals surface area (Å²) in [5.41, 5.74) is 4.45. The minimum Gasteiger partial charge on any atom is -0.472 e. The second-order valence-electron chi connectivity index (χ2n) is 6.75. The molecule has 0 saturated carbocycles. The van der Waals surface area contributed by atoms with Crippen molar-refractivity contribution in [3.8, 4) is 17.1 Å². The molecule has 2 saturated heterocycles. The van der Waals surface area contributed by atoms with Gasteiger partial charge in [-0.15, -0.1) is 0 Å². The summed E-state index contributed by atoms with van der Waals surface area (Å²) >= 11 is 0. The van der Waals surface area contributed by atoms with Crippen LogP contribution in [0, 0.1) is 0 Å². The summed E-state index contributed by atoms with van der Waals surface area (Å²) in [5, 5.41) is 0. The monoisotopic (exact) mass is 411 g/mol. The second kappa shape index (κ2) is 7.99. The van der Waals surface area contributed by atoms with Gasteiger partial charge in [-0.1, -0.05) is 0 Å². The maximum absolute atomic E-state index is 13.6. The van der Waals surface area contributed by atoms with E-state index in [-0.39, 0.29) is 35.0 Å². The number of pyridine rings is 1. The number of rotatable bonds is 4. The predicted molar refractivity (Wildman–Crippen MR) is 97.6 cm³/mol. The molecule has 8 nitrogen and oxygen atoms in total. The number of aromatic nitrogens is 3. The number of anilines is 2. The van der Waals surface area contributed by atoms with Gasteiger partial charge < -0.3 is 24.8 Å². The van der Waals surface area contributed by atoms with Crippen LogP contribution in [0.2, 0.25) is 0 Å². The van der Waals surface area contributed by atoms with Crippen LogP contribution in [0.15, 0.2) is 18.3 Å². The SMILES string of the molecule is Nc1cc(C(F)(F)F)c(-c2cc(O[C@H]3CCOC3)nc(N3CCOCC3)n2)cn1. The molecule has 4 rings (SSSR count). The lowest BCUT2D eigenvalue weighted by Crippen LogP contribution is -2.37. The number of ether oxygens (including phenoxy) is 3. The zero-order chi connectivity index (χ0) is 20.4. The van der Waals surface area contributed by atoms with Crippen LogP contribution in [0.25, 0.3) is 11.3 Å². The molecule has 2 fully saturated rings. The molecular formula is C18H20F3N5O3. The maximum atomic E-state index is 13.6. The fourth-order valence-electron chi connectivity index (χ4n) is 3.20. The van der Waals surface area contributed by atoms with Gasteiger partial charge in [0, 0.05) is 37.3 Å². The zero-order valence-corrected chi connectivity index (χ0v) is 15.5. The Bertz CT molecular complexity index is 868. The van der Waals surface area contributed by atoms with Crippen molar-refractivity contribution in [1.82, 2.24) is 15.0 Å². The molecule has 0 bridgehead atoms. The molecule has 11 heteroatoms. The molecular weight excluding hydrogens is 391 g/mol. The van der Waals surface area contributed by atoms with Gasteiger partial charge in [0.25, 0.3) is 0 Å². The third-order valence-corrected chi connectivity index (χ3v) is 4.67. The fourth-order valence-corrected chi connectivity index (χ4v) is 3.20. The van der Waals surface area contributed by atoms with E-state index in [9.17, 15) is 13.2 Å². The molecule has 0 radical (unpaired) electrons. The lowest BCUT2D eigenvalue weighted by Gasteiger charge is -2.27. The van der Waals surface area contributed by atoms with Gasteiger partial charge in [-0.25, -0.2) is 9.97 Å². The Labute approximate surface area is 164 Å². The first kappa shape index (κ1) is 19.6. The molecule has 0 amide bonds. The Kier molecular flexibility index (Phi) is 5.41. The minimum absolute atomic E-state index is 0.0650. The fraction of sp³-hybridized carbons (Fsp3) is 0.500. The summed E-state index contributed by atoms with van der Waals surface area (Å²) in [5.74, 6) is 0.254. The first-order valence-corrected chi connectivity index (χ1v) is 9.19. The van der Waals surface area contributed by atoms with E-state index in [1.807, 2.05) is 4.90 Å². The van der Waals surface area contributed by atoms with Gasteiger partial charge >= 0.3 is 6.18 Å². The Hall–Kier alpha value is -2.66. The topological polar surface area (TPSA) is 95.6 Å². The lowest BCUT2D eigenvalue weighted by molar-refractivity contribution is -0.137. The molecule has 2 aliphatic rings. The largest absolute Gasteiger partial charge is 0.472 e. The highest BCUT2D eigenvalue weighted by Gasteiger charge is 2.35. The molecule has 4 heterocycles. The number of nitrogen functional groups attached to an aromatic ring is 1. The Morgan fingerprint density at radius 3 is 2.59 bits per heavy atom. The Morgan fingerprint density at radius 1 is 1.10 bits per heavy atom. The van der Waals surface area contributed by atoms with Crippen molar-refractivity contribution in [2.75, 3.05) is 50.2 Å². The highest BCUT2D eigenvalue weighted by Crippen LogP contribution is 2.38. The number of nitrogens with two attached hydrogens (primary N) is 1. The Morgan fingerprint density at radius 2 is 1.90 bits per heavy atom. The summed E-state index contributed by atoms with van der Waals surface area (Å²) in [6.07, 6.45) is -3.06. The van der Waals surface area contributed by atoms with Crippen LogP contribution in [0.3, 0.4) is 0 Å². The lowest BCUT2D eigenvalue weighted by atomic mass is 10.1. The van der Waals surface area contributed by atoms with E-state index in [0.717, 1.165) is 12.3 Å². The van der Waals surface area contributed by atoms with Crippen LogP contribution in [-0.2, 0) is 15.7 Å². The van der Waals surface area contributed by atoms with Crippen molar-refractivity contribution < 1.29 is 27.4 Å². The van der Waals surface area contributed by atoms with E-state index < -0.39 is 11.7 Å². The summed E-state index contributed by atoms with van der Waals surface area (Å²) in [7, 11) is 0. The smallest absolute Gasteiger partial charge is 0.417 e.